The molecule has 1 N–H and O–H groups in total. The third-order valence-corrected chi connectivity index (χ3v) is 6.69. The van der Waals surface area contributed by atoms with Crippen LogP contribution in [0.1, 0.15) is 0 Å². The van der Waals surface area contributed by atoms with Gasteiger partial charge in [-0.05, 0) is 30.3 Å². The summed E-state index contributed by atoms with van der Waals surface area (Å²) in [6.45, 7) is 0. The van der Waals surface area contributed by atoms with E-state index in [4.69, 9.17) is 0 Å². The van der Waals surface area contributed by atoms with Crippen molar-refractivity contribution >= 4 is 64.8 Å². The maximum absolute atomic E-state index is 13.3. The zero-order chi connectivity index (χ0) is 20.1. The van der Waals surface area contributed by atoms with Gasteiger partial charge in [-0.1, -0.05) is 18.2 Å². The number of rotatable bonds is 3. The third-order valence-electron chi connectivity index (χ3n) is 4.81. The maximum Gasteiger partial charge on any atom is 0.275 e. The van der Waals surface area contributed by atoms with Crippen molar-refractivity contribution in [2.75, 3.05) is 5.32 Å². The van der Waals surface area contributed by atoms with Crippen molar-refractivity contribution in [2.45, 2.75) is 0 Å². The number of para-hydroxylation sites is 1. The van der Waals surface area contributed by atoms with Crippen molar-refractivity contribution in [3.8, 4) is 5.69 Å². The average Bonchev–Trinajstić information content (AvgIpc) is 3.39. The molecule has 9 heteroatoms. The number of anilines is 2. The van der Waals surface area contributed by atoms with E-state index < -0.39 is 0 Å². The van der Waals surface area contributed by atoms with Crippen LogP contribution in [0.4, 0.5) is 11.5 Å². The minimum Gasteiger partial charge on any atom is -0.340 e. The van der Waals surface area contributed by atoms with Crippen molar-refractivity contribution < 1.29 is 0 Å². The van der Waals surface area contributed by atoms with Gasteiger partial charge in [0.15, 0.2) is 0 Å². The van der Waals surface area contributed by atoms with E-state index in [1.165, 1.54) is 17.7 Å². The largest absolute Gasteiger partial charge is 0.340 e. The molecule has 0 saturated carbocycles. The Morgan fingerprint density at radius 2 is 1.87 bits per heavy atom. The molecule has 7 nitrogen and oxygen atoms in total. The highest BCUT2D eigenvalue weighted by atomic mass is 32.1. The molecule has 0 saturated heterocycles. The first-order valence-electron chi connectivity index (χ1n) is 9.08. The summed E-state index contributed by atoms with van der Waals surface area (Å²) in [5.41, 5.74) is 4.76. The molecule has 4 aromatic heterocycles. The van der Waals surface area contributed by atoms with Gasteiger partial charge >= 0.3 is 0 Å². The van der Waals surface area contributed by atoms with Crippen molar-refractivity contribution in [1.29, 1.82) is 0 Å². The molecule has 0 aliphatic rings. The van der Waals surface area contributed by atoms with Crippen molar-refractivity contribution in [2.24, 2.45) is 0 Å². The summed E-state index contributed by atoms with van der Waals surface area (Å²) >= 11 is 2.90. The summed E-state index contributed by atoms with van der Waals surface area (Å²) in [4.78, 5) is 31.7. The minimum atomic E-state index is -0.136. The molecule has 4 heterocycles. The molecule has 0 spiro atoms. The highest BCUT2D eigenvalue weighted by Gasteiger charge is 2.17. The number of nitrogens with one attached hydrogen (secondary N) is 1. The molecule has 0 bridgehead atoms. The lowest BCUT2D eigenvalue weighted by Crippen LogP contribution is -2.17. The predicted molar refractivity (Wildman–Crippen MR) is 121 cm³/mol. The molecule has 6 rings (SSSR count). The van der Waals surface area contributed by atoms with E-state index >= 15 is 0 Å². The molecule has 0 unspecified atom stereocenters. The Morgan fingerprint density at radius 1 is 0.967 bits per heavy atom. The first-order chi connectivity index (χ1) is 14.8. The van der Waals surface area contributed by atoms with Gasteiger partial charge in [-0.15, -0.1) is 22.7 Å². The molecule has 0 amide bonds. The molecular weight excluding hydrogens is 416 g/mol. The smallest absolute Gasteiger partial charge is 0.275 e. The number of nitrogens with zero attached hydrogens (tertiary/aromatic N) is 5. The number of hydrogen-bond donors (Lipinski definition) is 1. The number of aromatic nitrogens is 5. The molecule has 0 aliphatic carbocycles. The topological polar surface area (TPSA) is 85.6 Å². The number of thiazole rings is 1. The fourth-order valence-corrected chi connectivity index (χ4v) is 5.08. The Balaban J connectivity index is 1.55. The first-order valence-corrected chi connectivity index (χ1v) is 10.8. The Hall–Kier alpha value is -3.69. The van der Waals surface area contributed by atoms with Crippen LogP contribution < -0.4 is 10.9 Å². The second kappa shape index (κ2) is 6.68. The van der Waals surface area contributed by atoms with Gasteiger partial charge in [0.1, 0.15) is 33.5 Å². The van der Waals surface area contributed by atoms with E-state index in [-0.39, 0.29) is 5.56 Å². The molecule has 0 radical (unpaired) electrons. The lowest BCUT2D eigenvalue weighted by atomic mass is 10.2. The summed E-state index contributed by atoms with van der Waals surface area (Å²) in [5.74, 6) is 0.631. The monoisotopic (exact) mass is 428 g/mol. The summed E-state index contributed by atoms with van der Waals surface area (Å²) in [7, 11) is 0. The van der Waals surface area contributed by atoms with Gasteiger partial charge in [0.05, 0.1) is 26.8 Å². The van der Waals surface area contributed by atoms with Gasteiger partial charge in [0.25, 0.3) is 5.56 Å². The van der Waals surface area contributed by atoms with Crippen LogP contribution in [0.15, 0.2) is 71.5 Å². The molecule has 6 aromatic rings. The maximum atomic E-state index is 13.3. The molecular formula is C21H12N6OS2. The Bertz CT molecular complexity index is 1600. The van der Waals surface area contributed by atoms with E-state index in [0.29, 0.717) is 16.0 Å². The predicted octanol–water partition coefficient (Wildman–Crippen LogP) is 4.74. The van der Waals surface area contributed by atoms with Crippen LogP contribution in [0.5, 0.6) is 0 Å². The van der Waals surface area contributed by atoms with E-state index in [0.717, 1.165) is 31.8 Å². The molecule has 0 aliphatic heterocycles. The van der Waals surface area contributed by atoms with Crippen molar-refractivity contribution in [3.05, 3.63) is 77.0 Å². The van der Waals surface area contributed by atoms with Crippen LogP contribution in [0, 0.1) is 0 Å². The number of fused-ring (bicyclic) bond motifs is 4. The first kappa shape index (κ1) is 17.2. The third kappa shape index (κ3) is 2.67. The van der Waals surface area contributed by atoms with Gasteiger partial charge in [0, 0.05) is 5.69 Å². The van der Waals surface area contributed by atoms with Gasteiger partial charge in [-0.2, -0.15) is 0 Å². The zero-order valence-electron chi connectivity index (χ0n) is 15.3. The minimum absolute atomic E-state index is 0.136. The standard InChI is InChI=1S/C21H12N6OS2/c28-21-18-17(24-10-27(21)13-6-7-15-14(8-13)25-11-29-15)16-19(22-9-23-20(16)30-18)26-12-4-2-1-3-5-12/h1-11H,(H,22,23,26). The second-order valence-corrected chi connectivity index (χ2v) is 8.48. The summed E-state index contributed by atoms with van der Waals surface area (Å²) in [6, 6.07) is 15.5. The number of hydrogen-bond acceptors (Lipinski definition) is 8. The normalized spacial score (nSPS) is 11.5. The van der Waals surface area contributed by atoms with E-state index in [1.54, 1.807) is 27.7 Å². The summed E-state index contributed by atoms with van der Waals surface area (Å²) in [5, 5.41) is 4.06. The van der Waals surface area contributed by atoms with Crippen molar-refractivity contribution in [3.63, 3.8) is 0 Å². The SMILES string of the molecule is O=c1c2sc3ncnc(Nc4ccccc4)c3c2ncn1-c1ccc2scnc2c1. The molecule has 30 heavy (non-hydrogen) atoms. The highest BCUT2D eigenvalue weighted by molar-refractivity contribution is 7.25. The number of thiophene rings is 1. The van der Waals surface area contributed by atoms with Crippen LogP contribution >= 0.6 is 22.7 Å². The van der Waals surface area contributed by atoms with Crippen LogP contribution in [-0.4, -0.2) is 24.5 Å². The van der Waals surface area contributed by atoms with E-state index in [1.807, 2.05) is 48.5 Å². The van der Waals surface area contributed by atoms with Crippen molar-refractivity contribution in [1.82, 2.24) is 24.5 Å². The van der Waals surface area contributed by atoms with Crippen LogP contribution in [0.3, 0.4) is 0 Å². The fourth-order valence-electron chi connectivity index (χ4n) is 3.40. The summed E-state index contributed by atoms with van der Waals surface area (Å²) in [6.07, 6.45) is 3.06. The van der Waals surface area contributed by atoms with E-state index in [9.17, 15) is 4.79 Å². The molecule has 2 aromatic carbocycles. The second-order valence-electron chi connectivity index (χ2n) is 6.60. The van der Waals surface area contributed by atoms with Crippen LogP contribution in [0.25, 0.3) is 36.3 Å². The fraction of sp³-hybridized carbons (Fsp3) is 0. The summed E-state index contributed by atoms with van der Waals surface area (Å²) < 4.78 is 3.17. The number of benzene rings is 2. The molecule has 0 fully saturated rings. The lowest BCUT2D eigenvalue weighted by Gasteiger charge is -2.07. The van der Waals surface area contributed by atoms with Gasteiger partial charge < -0.3 is 5.32 Å². The Kier molecular flexibility index (Phi) is 3.83. The average molecular weight is 429 g/mol. The quantitative estimate of drug-likeness (QED) is 0.438. The van der Waals surface area contributed by atoms with Crippen LogP contribution in [0.2, 0.25) is 0 Å². The lowest BCUT2D eigenvalue weighted by molar-refractivity contribution is 0.969. The Morgan fingerprint density at radius 3 is 2.77 bits per heavy atom. The zero-order valence-corrected chi connectivity index (χ0v) is 16.9. The van der Waals surface area contributed by atoms with Gasteiger partial charge in [-0.25, -0.2) is 19.9 Å². The molecule has 0 atom stereocenters. The Labute approximate surface area is 177 Å². The van der Waals surface area contributed by atoms with Gasteiger partial charge in [0.2, 0.25) is 0 Å². The molecule has 144 valence electrons. The van der Waals surface area contributed by atoms with E-state index in [2.05, 4.69) is 25.3 Å². The van der Waals surface area contributed by atoms with Crippen LogP contribution in [-0.2, 0) is 0 Å². The van der Waals surface area contributed by atoms with Gasteiger partial charge in [-0.3, -0.25) is 9.36 Å². The highest BCUT2D eigenvalue weighted by Crippen LogP contribution is 2.34.